The molecule has 0 aromatic carbocycles. The molecular weight excluding hydrogens is 419 g/mol. The second-order valence-corrected chi connectivity index (χ2v) is 8.04. The highest BCUT2D eigenvalue weighted by atomic mass is 127. The van der Waals surface area contributed by atoms with Crippen LogP contribution in [0.3, 0.4) is 0 Å². The lowest BCUT2D eigenvalue weighted by atomic mass is 9.84. The molecule has 0 saturated carbocycles. The van der Waals surface area contributed by atoms with E-state index >= 15 is 0 Å². The van der Waals surface area contributed by atoms with Gasteiger partial charge in [0.2, 0.25) is 0 Å². The Balaban J connectivity index is 2.00. The van der Waals surface area contributed by atoms with Gasteiger partial charge in [-0.3, -0.25) is 0 Å². The molecule has 1 saturated heterocycles. The Labute approximate surface area is 156 Å². The van der Waals surface area contributed by atoms with Gasteiger partial charge in [-0.15, -0.1) is 0 Å². The molecule has 1 aliphatic heterocycles. The largest absolute Gasteiger partial charge is 0.465 e. The number of amides is 1. The van der Waals surface area contributed by atoms with Crippen LogP contribution in [0.4, 0.5) is 10.6 Å². The first-order valence-corrected chi connectivity index (χ1v) is 9.16. The third-order valence-corrected chi connectivity index (χ3v) is 5.40. The zero-order chi connectivity index (χ0) is 17.7. The highest BCUT2D eigenvalue weighted by molar-refractivity contribution is 14.1. The minimum Gasteiger partial charge on any atom is -0.465 e. The van der Waals surface area contributed by atoms with Crippen LogP contribution in [0.2, 0.25) is 0 Å². The number of carboxylic acid groups (broad SMARTS) is 1. The number of piperidine rings is 1. The monoisotopic (exact) mass is 442 g/mol. The number of pyridine rings is 1. The molecule has 0 atom stereocenters. The average molecular weight is 442 g/mol. The van der Waals surface area contributed by atoms with Gasteiger partial charge in [0.25, 0.3) is 0 Å². The number of carbonyl (C=O) groups is 1. The summed E-state index contributed by atoms with van der Waals surface area (Å²) < 4.78 is 1.08. The lowest BCUT2D eigenvalue weighted by Crippen LogP contribution is -2.45. The van der Waals surface area contributed by atoms with E-state index in [-0.39, 0.29) is 0 Å². The van der Waals surface area contributed by atoms with Crippen molar-refractivity contribution in [1.82, 2.24) is 10.3 Å². The molecule has 24 heavy (non-hydrogen) atoms. The molecule has 7 heteroatoms. The molecule has 2 heterocycles. The SMILES string of the molecule is CC(C)(CC1CCN(c2nccc(I)c2CC#N)CC1)NC(=O)O. The Morgan fingerprint density at radius 2 is 2.21 bits per heavy atom. The summed E-state index contributed by atoms with van der Waals surface area (Å²) in [5.74, 6) is 1.41. The fourth-order valence-electron chi connectivity index (χ4n) is 3.38. The van der Waals surface area contributed by atoms with E-state index in [9.17, 15) is 4.79 Å². The molecule has 1 amide bonds. The van der Waals surface area contributed by atoms with E-state index in [0.717, 1.165) is 47.3 Å². The number of hydrogen-bond acceptors (Lipinski definition) is 4. The molecule has 0 bridgehead atoms. The van der Waals surface area contributed by atoms with E-state index < -0.39 is 11.6 Å². The molecule has 1 aromatic rings. The Kier molecular flexibility index (Phi) is 6.27. The second kappa shape index (κ2) is 8.01. The van der Waals surface area contributed by atoms with Crippen LogP contribution in [-0.2, 0) is 6.42 Å². The Hall–Kier alpha value is -1.56. The van der Waals surface area contributed by atoms with E-state index in [4.69, 9.17) is 10.4 Å². The zero-order valence-corrected chi connectivity index (χ0v) is 16.2. The number of nitrogens with zero attached hydrogens (tertiary/aromatic N) is 3. The predicted molar refractivity (Wildman–Crippen MR) is 101 cm³/mol. The first-order chi connectivity index (χ1) is 11.3. The number of aromatic nitrogens is 1. The van der Waals surface area contributed by atoms with Gasteiger partial charge in [-0.2, -0.15) is 5.26 Å². The maximum absolute atomic E-state index is 10.9. The number of anilines is 1. The molecule has 1 fully saturated rings. The summed E-state index contributed by atoms with van der Waals surface area (Å²) in [7, 11) is 0. The van der Waals surface area contributed by atoms with Gasteiger partial charge in [0.15, 0.2) is 0 Å². The van der Waals surface area contributed by atoms with Crippen molar-refractivity contribution in [2.75, 3.05) is 18.0 Å². The topological polar surface area (TPSA) is 89.3 Å². The van der Waals surface area contributed by atoms with Crippen molar-refractivity contribution in [3.8, 4) is 6.07 Å². The molecule has 0 spiro atoms. The number of nitrogens with one attached hydrogen (secondary N) is 1. The molecule has 0 radical (unpaired) electrons. The molecule has 0 unspecified atom stereocenters. The van der Waals surface area contributed by atoms with E-state index in [0.29, 0.717) is 12.3 Å². The Bertz CT molecular complexity index is 634. The first-order valence-electron chi connectivity index (χ1n) is 8.09. The van der Waals surface area contributed by atoms with Crippen LogP contribution in [0.1, 0.15) is 38.7 Å². The minimum atomic E-state index is -0.971. The number of halogens is 1. The molecular formula is C17H23IN4O2. The molecule has 1 aromatic heterocycles. The highest BCUT2D eigenvalue weighted by Gasteiger charge is 2.29. The van der Waals surface area contributed by atoms with Gasteiger partial charge in [-0.1, -0.05) is 0 Å². The number of rotatable bonds is 5. The van der Waals surface area contributed by atoms with Crippen molar-refractivity contribution in [2.24, 2.45) is 5.92 Å². The predicted octanol–water partition coefficient (Wildman–Crippen LogP) is 3.40. The van der Waals surface area contributed by atoms with Gasteiger partial charge < -0.3 is 15.3 Å². The fourth-order valence-corrected chi connectivity index (χ4v) is 3.98. The van der Waals surface area contributed by atoms with Crippen LogP contribution in [0.5, 0.6) is 0 Å². The van der Waals surface area contributed by atoms with Gasteiger partial charge in [-0.25, -0.2) is 9.78 Å². The molecule has 6 nitrogen and oxygen atoms in total. The van der Waals surface area contributed by atoms with E-state index in [1.807, 2.05) is 19.9 Å². The molecule has 0 aliphatic carbocycles. The summed E-state index contributed by atoms with van der Waals surface area (Å²) in [6, 6.07) is 4.16. The maximum atomic E-state index is 10.9. The van der Waals surface area contributed by atoms with Gasteiger partial charge >= 0.3 is 6.09 Å². The second-order valence-electron chi connectivity index (χ2n) is 6.88. The van der Waals surface area contributed by atoms with Crippen molar-refractivity contribution >= 4 is 34.5 Å². The summed E-state index contributed by atoms with van der Waals surface area (Å²) in [5.41, 5.74) is 0.595. The van der Waals surface area contributed by atoms with Crippen LogP contribution in [-0.4, -0.2) is 34.8 Å². The van der Waals surface area contributed by atoms with Gasteiger partial charge in [0.05, 0.1) is 12.5 Å². The lowest BCUT2D eigenvalue weighted by molar-refractivity contribution is 0.174. The minimum absolute atomic E-state index is 0.372. The summed E-state index contributed by atoms with van der Waals surface area (Å²) in [6.07, 6.45) is 4.04. The van der Waals surface area contributed by atoms with Crippen molar-refractivity contribution < 1.29 is 9.90 Å². The first kappa shape index (κ1) is 18.8. The van der Waals surface area contributed by atoms with Crippen molar-refractivity contribution in [1.29, 1.82) is 5.26 Å². The highest BCUT2D eigenvalue weighted by Crippen LogP contribution is 2.31. The van der Waals surface area contributed by atoms with Crippen LogP contribution in [0, 0.1) is 20.8 Å². The Morgan fingerprint density at radius 3 is 2.79 bits per heavy atom. The molecule has 2 rings (SSSR count). The zero-order valence-electron chi connectivity index (χ0n) is 14.0. The average Bonchev–Trinajstić information content (AvgIpc) is 2.48. The number of hydrogen-bond donors (Lipinski definition) is 2. The van der Waals surface area contributed by atoms with Gasteiger partial charge in [0.1, 0.15) is 5.82 Å². The van der Waals surface area contributed by atoms with Crippen molar-refractivity contribution in [2.45, 2.75) is 45.1 Å². The van der Waals surface area contributed by atoms with E-state index in [1.54, 1.807) is 6.20 Å². The third-order valence-electron chi connectivity index (χ3n) is 4.39. The Morgan fingerprint density at radius 1 is 1.54 bits per heavy atom. The molecule has 2 N–H and O–H groups in total. The van der Waals surface area contributed by atoms with Gasteiger partial charge in [0, 0.05) is 34.0 Å². The quantitative estimate of drug-likeness (QED) is 0.683. The van der Waals surface area contributed by atoms with E-state index in [1.165, 1.54) is 0 Å². The standard InChI is InChI=1S/C17H23IN4O2/c1-17(2,21-16(23)24)11-12-5-9-22(10-6-12)15-13(3-7-19)14(18)4-8-20-15/h4,8,12,21H,3,5-6,9-11H2,1-2H3,(H,23,24). The van der Waals surface area contributed by atoms with Crippen LogP contribution in [0.15, 0.2) is 12.3 Å². The van der Waals surface area contributed by atoms with Crippen molar-refractivity contribution in [3.05, 3.63) is 21.4 Å². The lowest BCUT2D eigenvalue weighted by Gasteiger charge is -2.37. The summed E-state index contributed by atoms with van der Waals surface area (Å²) >= 11 is 2.26. The van der Waals surface area contributed by atoms with Crippen molar-refractivity contribution in [3.63, 3.8) is 0 Å². The van der Waals surface area contributed by atoms with Crippen LogP contribution >= 0.6 is 22.6 Å². The summed E-state index contributed by atoms with van der Waals surface area (Å²) in [4.78, 5) is 17.6. The smallest absolute Gasteiger partial charge is 0.405 e. The molecule has 130 valence electrons. The maximum Gasteiger partial charge on any atom is 0.405 e. The van der Waals surface area contributed by atoms with E-state index in [2.05, 4.69) is 43.9 Å². The normalized spacial score (nSPS) is 15.8. The summed E-state index contributed by atoms with van der Waals surface area (Å²) in [5, 5.41) is 20.6. The molecule has 1 aliphatic rings. The number of nitriles is 1. The third kappa shape index (κ3) is 4.97. The van der Waals surface area contributed by atoms with Gasteiger partial charge in [-0.05, 0) is 67.7 Å². The van der Waals surface area contributed by atoms with Crippen LogP contribution in [0.25, 0.3) is 0 Å². The van der Waals surface area contributed by atoms with Crippen LogP contribution < -0.4 is 10.2 Å². The fraction of sp³-hybridized carbons (Fsp3) is 0.588. The summed E-state index contributed by atoms with van der Waals surface area (Å²) in [6.45, 7) is 5.64.